The van der Waals surface area contributed by atoms with Crippen molar-refractivity contribution in [2.75, 3.05) is 64.4 Å². The summed E-state index contributed by atoms with van der Waals surface area (Å²) in [6, 6.07) is 7.91. The Labute approximate surface area is 161 Å². The zero-order valence-corrected chi connectivity index (χ0v) is 16.7. The van der Waals surface area contributed by atoms with Crippen LogP contribution in [0, 0.1) is 0 Å². The van der Waals surface area contributed by atoms with E-state index in [1.165, 1.54) is 0 Å². The lowest BCUT2D eigenvalue weighted by Gasteiger charge is -2.28. The first-order valence-electron chi connectivity index (χ1n) is 7.73. The van der Waals surface area contributed by atoms with Crippen LogP contribution in [0.4, 0.5) is 5.69 Å². The van der Waals surface area contributed by atoms with Crippen LogP contribution in [0.5, 0.6) is 0 Å². The lowest BCUT2D eigenvalue weighted by molar-refractivity contribution is -0.117. The average Bonchev–Trinajstić information content (AvgIpc) is 2.54. The van der Waals surface area contributed by atoms with E-state index in [0.29, 0.717) is 6.54 Å². The van der Waals surface area contributed by atoms with E-state index in [0.717, 1.165) is 49.9 Å². The molecule has 24 heavy (non-hydrogen) atoms. The number of hydrogen-bond donors (Lipinski definition) is 2. The fraction of sp³-hybridized carbons (Fsp3) is 0.562. The van der Waals surface area contributed by atoms with Crippen LogP contribution in [0.1, 0.15) is 0 Å². The fourth-order valence-electron chi connectivity index (χ4n) is 2.51. The molecule has 1 aromatic carbocycles. The molecule has 1 fully saturated rings. The number of likely N-dealkylation sites (N-methyl/N-ethyl adjacent to an activating group) is 1. The standard InChI is InChI=1S/C16H26N4OS.2ClH/c1-19(11-12-20-9-7-17-8-10-20)13-16(21)18-14-5-3-4-6-15(14)22-2;;/h3-6,17H,7-13H2,1-2H3,(H,18,21);2*1H. The van der Waals surface area contributed by atoms with Crippen LogP contribution in [-0.2, 0) is 4.79 Å². The normalized spacial score (nSPS) is 14.6. The molecule has 0 saturated carbocycles. The van der Waals surface area contributed by atoms with Gasteiger partial charge in [0, 0.05) is 44.2 Å². The highest BCUT2D eigenvalue weighted by atomic mass is 35.5. The molecule has 1 aliphatic heterocycles. The second-order valence-electron chi connectivity index (χ2n) is 5.58. The van der Waals surface area contributed by atoms with Crippen LogP contribution in [0.15, 0.2) is 29.2 Å². The molecule has 1 amide bonds. The molecule has 8 heteroatoms. The summed E-state index contributed by atoms with van der Waals surface area (Å²) in [7, 11) is 2.00. The predicted octanol–water partition coefficient (Wildman–Crippen LogP) is 2.03. The molecule has 1 heterocycles. The molecule has 0 bridgehead atoms. The summed E-state index contributed by atoms with van der Waals surface area (Å²) in [4.78, 5) is 17.8. The van der Waals surface area contributed by atoms with Gasteiger partial charge in [-0.15, -0.1) is 36.6 Å². The molecule has 1 aromatic rings. The van der Waals surface area contributed by atoms with Gasteiger partial charge in [0.1, 0.15) is 0 Å². The van der Waals surface area contributed by atoms with Gasteiger partial charge in [-0.3, -0.25) is 14.6 Å². The molecule has 0 aromatic heterocycles. The topological polar surface area (TPSA) is 47.6 Å². The third-order valence-electron chi connectivity index (χ3n) is 3.80. The number of benzene rings is 1. The summed E-state index contributed by atoms with van der Waals surface area (Å²) in [5.41, 5.74) is 0.899. The predicted molar refractivity (Wildman–Crippen MR) is 108 cm³/mol. The first-order chi connectivity index (χ1) is 10.7. The Bertz CT molecular complexity index is 487. The maximum atomic E-state index is 12.2. The van der Waals surface area contributed by atoms with Crippen molar-refractivity contribution in [1.82, 2.24) is 15.1 Å². The number of piperazine rings is 1. The van der Waals surface area contributed by atoms with E-state index in [-0.39, 0.29) is 30.7 Å². The Morgan fingerprint density at radius 2 is 1.96 bits per heavy atom. The largest absolute Gasteiger partial charge is 0.324 e. The second-order valence-corrected chi connectivity index (χ2v) is 6.43. The number of nitrogens with zero attached hydrogens (tertiary/aromatic N) is 2. The van der Waals surface area contributed by atoms with Gasteiger partial charge in [-0.25, -0.2) is 0 Å². The van der Waals surface area contributed by atoms with Crippen molar-refractivity contribution in [3.63, 3.8) is 0 Å². The first kappa shape index (κ1) is 23.5. The summed E-state index contributed by atoms with van der Waals surface area (Å²) in [5.74, 6) is 0.0457. The maximum Gasteiger partial charge on any atom is 0.238 e. The number of para-hydroxylation sites is 1. The van der Waals surface area contributed by atoms with Gasteiger partial charge in [-0.2, -0.15) is 0 Å². The molecule has 138 valence electrons. The summed E-state index contributed by atoms with van der Waals surface area (Å²) < 4.78 is 0. The molecule has 0 radical (unpaired) electrons. The summed E-state index contributed by atoms with van der Waals surface area (Å²) in [6.07, 6.45) is 2.02. The molecular formula is C16H28Cl2N4OS. The van der Waals surface area contributed by atoms with Crippen LogP contribution >= 0.6 is 36.6 Å². The van der Waals surface area contributed by atoms with E-state index in [2.05, 4.69) is 20.4 Å². The van der Waals surface area contributed by atoms with Gasteiger partial charge in [0.05, 0.1) is 12.2 Å². The molecule has 1 aliphatic rings. The van der Waals surface area contributed by atoms with Gasteiger partial charge >= 0.3 is 0 Å². The number of halogens is 2. The highest BCUT2D eigenvalue weighted by Crippen LogP contribution is 2.24. The van der Waals surface area contributed by atoms with Crippen LogP contribution < -0.4 is 10.6 Å². The summed E-state index contributed by atoms with van der Waals surface area (Å²) >= 11 is 1.64. The van der Waals surface area contributed by atoms with Gasteiger partial charge in [0.15, 0.2) is 0 Å². The van der Waals surface area contributed by atoms with E-state index in [4.69, 9.17) is 0 Å². The lowest BCUT2D eigenvalue weighted by atomic mass is 10.3. The van der Waals surface area contributed by atoms with Crippen LogP contribution in [0.25, 0.3) is 0 Å². The third kappa shape index (κ3) is 8.05. The first-order valence-corrected chi connectivity index (χ1v) is 8.96. The zero-order chi connectivity index (χ0) is 15.8. The average molecular weight is 395 g/mol. The smallest absolute Gasteiger partial charge is 0.238 e. The molecule has 0 spiro atoms. The molecule has 0 unspecified atom stereocenters. The van der Waals surface area contributed by atoms with Gasteiger partial charge in [0.2, 0.25) is 5.91 Å². The van der Waals surface area contributed by atoms with Gasteiger partial charge in [-0.05, 0) is 25.4 Å². The van der Waals surface area contributed by atoms with Gasteiger partial charge in [0.25, 0.3) is 0 Å². The van der Waals surface area contributed by atoms with Gasteiger partial charge in [-0.1, -0.05) is 12.1 Å². The summed E-state index contributed by atoms with van der Waals surface area (Å²) in [5, 5.41) is 6.36. The zero-order valence-electron chi connectivity index (χ0n) is 14.3. The molecule has 5 nitrogen and oxygen atoms in total. The Morgan fingerprint density at radius 3 is 2.62 bits per heavy atom. The number of nitrogens with one attached hydrogen (secondary N) is 2. The van der Waals surface area contributed by atoms with Crippen molar-refractivity contribution >= 4 is 48.2 Å². The molecule has 0 aliphatic carbocycles. The Kier molecular flexibility index (Phi) is 12.5. The number of thioether (sulfide) groups is 1. The number of anilines is 1. The Morgan fingerprint density at radius 1 is 1.29 bits per heavy atom. The molecule has 1 saturated heterocycles. The monoisotopic (exact) mass is 394 g/mol. The van der Waals surface area contributed by atoms with Crippen LogP contribution in [0.2, 0.25) is 0 Å². The van der Waals surface area contributed by atoms with E-state index in [1.807, 2.05) is 37.6 Å². The van der Waals surface area contributed by atoms with Crippen molar-refractivity contribution in [2.45, 2.75) is 4.90 Å². The van der Waals surface area contributed by atoms with Crippen molar-refractivity contribution in [1.29, 1.82) is 0 Å². The number of carbonyl (C=O) groups is 1. The highest BCUT2D eigenvalue weighted by Gasteiger charge is 2.12. The Hall–Kier alpha value is -0.500. The molecular weight excluding hydrogens is 367 g/mol. The third-order valence-corrected chi connectivity index (χ3v) is 4.60. The quantitative estimate of drug-likeness (QED) is 0.692. The lowest BCUT2D eigenvalue weighted by Crippen LogP contribution is -2.46. The molecule has 0 atom stereocenters. The minimum Gasteiger partial charge on any atom is -0.324 e. The maximum absolute atomic E-state index is 12.2. The number of hydrogen-bond acceptors (Lipinski definition) is 5. The van der Waals surface area contributed by atoms with E-state index in [1.54, 1.807) is 11.8 Å². The molecule has 2 N–H and O–H groups in total. The van der Waals surface area contributed by atoms with Crippen LogP contribution in [-0.4, -0.2) is 74.8 Å². The van der Waals surface area contributed by atoms with Crippen molar-refractivity contribution < 1.29 is 4.79 Å². The van der Waals surface area contributed by atoms with E-state index < -0.39 is 0 Å². The van der Waals surface area contributed by atoms with Gasteiger partial charge < -0.3 is 10.6 Å². The van der Waals surface area contributed by atoms with E-state index >= 15 is 0 Å². The summed E-state index contributed by atoms with van der Waals surface area (Å²) in [6.45, 7) is 6.69. The number of carbonyl (C=O) groups excluding carboxylic acids is 1. The van der Waals surface area contributed by atoms with Crippen molar-refractivity contribution in [3.8, 4) is 0 Å². The molecule has 2 rings (SSSR count). The number of amides is 1. The van der Waals surface area contributed by atoms with Crippen molar-refractivity contribution in [2.24, 2.45) is 0 Å². The minimum atomic E-state index is 0. The van der Waals surface area contributed by atoms with Crippen LogP contribution in [0.3, 0.4) is 0 Å². The SMILES string of the molecule is CSc1ccccc1NC(=O)CN(C)CCN1CCNCC1.Cl.Cl. The van der Waals surface area contributed by atoms with Crippen molar-refractivity contribution in [3.05, 3.63) is 24.3 Å². The highest BCUT2D eigenvalue weighted by molar-refractivity contribution is 7.98. The van der Waals surface area contributed by atoms with E-state index in [9.17, 15) is 4.79 Å². The number of rotatable bonds is 7. The Balaban J connectivity index is 0.00000264. The second kappa shape index (κ2) is 12.8. The fourth-order valence-corrected chi connectivity index (χ4v) is 3.06. The minimum absolute atomic E-state index is 0.